The molecular formula is C21H19F2N3O. The lowest BCUT2D eigenvalue weighted by atomic mass is 10.1. The number of pyridine rings is 1. The number of carbonyl (C=O) groups excluding carboxylic acids is 1. The molecule has 1 fully saturated rings. The average molecular weight is 367 g/mol. The van der Waals surface area contributed by atoms with Crippen molar-refractivity contribution in [3.05, 3.63) is 71.4 Å². The number of piperazine rings is 1. The van der Waals surface area contributed by atoms with E-state index in [4.69, 9.17) is 0 Å². The van der Waals surface area contributed by atoms with Crippen LogP contribution in [0.1, 0.15) is 16.1 Å². The summed E-state index contributed by atoms with van der Waals surface area (Å²) in [6.07, 6.45) is 0. The number of rotatable bonds is 2. The number of para-hydroxylation sites is 1. The highest BCUT2D eigenvalue weighted by atomic mass is 19.1. The van der Waals surface area contributed by atoms with Crippen molar-refractivity contribution < 1.29 is 13.6 Å². The van der Waals surface area contributed by atoms with E-state index in [1.165, 1.54) is 18.2 Å². The van der Waals surface area contributed by atoms with Crippen molar-refractivity contribution in [1.29, 1.82) is 0 Å². The fourth-order valence-electron chi connectivity index (χ4n) is 3.54. The Hall–Kier alpha value is -3.02. The van der Waals surface area contributed by atoms with Crippen LogP contribution in [0, 0.1) is 18.6 Å². The molecular weight excluding hydrogens is 348 g/mol. The van der Waals surface area contributed by atoms with Gasteiger partial charge in [0, 0.05) is 37.3 Å². The summed E-state index contributed by atoms with van der Waals surface area (Å²) >= 11 is 0. The minimum atomic E-state index is -0.397. The van der Waals surface area contributed by atoms with Gasteiger partial charge in [-0.05, 0) is 43.3 Å². The molecule has 0 saturated carbocycles. The number of hydrogen-bond acceptors (Lipinski definition) is 3. The van der Waals surface area contributed by atoms with Crippen molar-refractivity contribution >= 4 is 22.5 Å². The number of fused-ring (bicyclic) bond motifs is 1. The van der Waals surface area contributed by atoms with Crippen LogP contribution < -0.4 is 4.90 Å². The number of hydrogen-bond donors (Lipinski definition) is 0. The number of anilines is 1. The van der Waals surface area contributed by atoms with Gasteiger partial charge in [-0.15, -0.1) is 0 Å². The molecule has 4 nitrogen and oxygen atoms in total. The molecule has 2 heterocycles. The second-order valence-corrected chi connectivity index (χ2v) is 6.70. The van der Waals surface area contributed by atoms with E-state index in [0.717, 1.165) is 0 Å². The molecule has 6 heteroatoms. The van der Waals surface area contributed by atoms with E-state index in [1.807, 2.05) is 11.8 Å². The van der Waals surface area contributed by atoms with Gasteiger partial charge in [-0.2, -0.15) is 0 Å². The molecule has 1 aromatic heterocycles. The second kappa shape index (κ2) is 6.95. The van der Waals surface area contributed by atoms with Gasteiger partial charge >= 0.3 is 0 Å². The monoisotopic (exact) mass is 367 g/mol. The number of nitrogens with zero attached hydrogens (tertiary/aromatic N) is 3. The zero-order valence-corrected chi connectivity index (χ0v) is 15.0. The third-order valence-corrected chi connectivity index (χ3v) is 4.89. The Morgan fingerprint density at radius 2 is 1.74 bits per heavy atom. The average Bonchev–Trinajstić information content (AvgIpc) is 2.68. The SMILES string of the molecule is Cc1cc(C(=O)N2CCN(c3ccccc3F)CC2)c2cc(F)ccc2n1. The minimum Gasteiger partial charge on any atom is -0.366 e. The van der Waals surface area contributed by atoms with E-state index < -0.39 is 5.82 Å². The third kappa shape index (κ3) is 3.35. The van der Waals surface area contributed by atoms with Crippen LogP contribution in [0.4, 0.5) is 14.5 Å². The lowest BCUT2D eigenvalue weighted by Gasteiger charge is -2.36. The number of amides is 1. The van der Waals surface area contributed by atoms with Crippen LogP contribution in [0.25, 0.3) is 10.9 Å². The first-order valence-electron chi connectivity index (χ1n) is 8.88. The van der Waals surface area contributed by atoms with E-state index >= 15 is 0 Å². The largest absolute Gasteiger partial charge is 0.366 e. The Kier molecular flexibility index (Phi) is 4.48. The fourth-order valence-corrected chi connectivity index (χ4v) is 3.54. The molecule has 1 aliphatic rings. The maximum absolute atomic E-state index is 14.0. The maximum Gasteiger partial charge on any atom is 0.254 e. The highest BCUT2D eigenvalue weighted by molar-refractivity contribution is 6.06. The smallest absolute Gasteiger partial charge is 0.254 e. The molecule has 27 heavy (non-hydrogen) atoms. The molecule has 0 spiro atoms. The molecule has 1 aliphatic heterocycles. The summed E-state index contributed by atoms with van der Waals surface area (Å²) in [5, 5.41) is 0.516. The predicted octanol–water partition coefficient (Wildman–Crippen LogP) is 3.78. The van der Waals surface area contributed by atoms with E-state index in [2.05, 4.69) is 4.98 Å². The van der Waals surface area contributed by atoms with Gasteiger partial charge < -0.3 is 9.80 Å². The van der Waals surface area contributed by atoms with Crippen molar-refractivity contribution in [1.82, 2.24) is 9.88 Å². The standard InChI is InChI=1S/C21H19F2N3O/c1-14-12-17(16-13-15(22)6-7-19(16)24-14)21(27)26-10-8-25(9-11-26)20-5-3-2-4-18(20)23/h2-7,12-13H,8-11H2,1H3. The van der Waals surface area contributed by atoms with Gasteiger partial charge in [-0.1, -0.05) is 12.1 Å². The summed E-state index contributed by atoms with van der Waals surface area (Å²) in [6.45, 7) is 3.86. The first kappa shape index (κ1) is 17.4. The van der Waals surface area contributed by atoms with Crippen LogP contribution in [-0.2, 0) is 0 Å². The van der Waals surface area contributed by atoms with Crippen LogP contribution in [0.3, 0.4) is 0 Å². The Labute approximate surface area is 156 Å². The van der Waals surface area contributed by atoms with Crippen molar-refractivity contribution in [3.63, 3.8) is 0 Å². The van der Waals surface area contributed by atoms with Crippen LogP contribution >= 0.6 is 0 Å². The van der Waals surface area contributed by atoms with Crippen LogP contribution in [-0.4, -0.2) is 42.0 Å². The van der Waals surface area contributed by atoms with E-state index in [1.54, 1.807) is 35.2 Å². The number of aryl methyl sites for hydroxylation is 1. The second-order valence-electron chi connectivity index (χ2n) is 6.70. The van der Waals surface area contributed by atoms with Gasteiger partial charge in [-0.3, -0.25) is 9.78 Å². The highest BCUT2D eigenvalue weighted by Crippen LogP contribution is 2.24. The van der Waals surface area contributed by atoms with E-state index in [-0.39, 0.29) is 11.7 Å². The van der Waals surface area contributed by atoms with Crippen molar-refractivity contribution in [2.75, 3.05) is 31.1 Å². The molecule has 0 aliphatic carbocycles. The summed E-state index contributed by atoms with van der Waals surface area (Å²) < 4.78 is 27.7. The van der Waals surface area contributed by atoms with E-state index in [9.17, 15) is 13.6 Å². The summed E-state index contributed by atoms with van der Waals surface area (Å²) in [5.41, 5.74) is 2.32. The highest BCUT2D eigenvalue weighted by Gasteiger charge is 2.25. The topological polar surface area (TPSA) is 36.4 Å². The van der Waals surface area contributed by atoms with Gasteiger partial charge in [0.05, 0.1) is 16.8 Å². The Morgan fingerprint density at radius 3 is 2.48 bits per heavy atom. The molecule has 0 bridgehead atoms. The first-order valence-corrected chi connectivity index (χ1v) is 8.88. The van der Waals surface area contributed by atoms with Gasteiger partial charge in [0.15, 0.2) is 0 Å². The van der Waals surface area contributed by atoms with Crippen molar-refractivity contribution in [3.8, 4) is 0 Å². The Morgan fingerprint density at radius 1 is 1.00 bits per heavy atom. The number of benzene rings is 2. The molecule has 2 aromatic carbocycles. The maximum atomic E-state index is 14.0. The normalized spacial score (nSPS) is 14.6. The van der Waals surface area contributed by atoms with Crippen LogP contribution in [0.5, 0.6) is 0 Å². The molecule has 0 radical (unpaired) electrons. The van der Waals surface area contributed by atoms with Crippen molar-refractivity contribution in [2.24, 2.45) is 0 Å². The molecule has 138 valence electrons. The molecule has 0 N–H and O–H groups in total. The molecule has 3 aromatic rings. The Bertz CT molecular complexity index is 1010. The van der Waals surface area contributed by atoms with E-state index in [0.29, 0.717) is 54.0 Å². The minimum absolute atomic E-state index is 0.149. The number of carbonyl (C=O) groups is 1. The molecule has 1 amide bonds. The van der Waals surface area contributed by atoms with Gasteiger partial charge in [-0.25, -0.2) is 8.78 Å². The lowest BCUT2D eigenvalue weighted by molar-refractivity contribution is 0.0748. The van der Waals surface area contributed by atoms with Gasteiger partial charge in [0.1, 0.15) is 11.6 Å². The quantitative estimate of drug-likeness (QED) is 0.692. The number of aromatic nitrogens is 1. The number of halogens is 2. The van der Waals surface area contributed by atoms with Gasteiger partial charge in [0.25, 0.3) is 5.91 Å². The molecule has 1 saturated heterocycles. The molecule has 0 atom stereocenters. The zero-order chi connectivity index (χ0) is 19.0. The summed E-state index contributed by atoms with van der Waals surface area (Å²) in [4.78, 5) is 21.1. The molecule has 4 rings (SSSR count). The Balaban J connectivity index is 1.57. The summed E-state index contributed by atoms with van der Waals surface area (Å²) in [6, 6.07) is 12.6. The molecule has 0 unspecified atom stereocenters. The fraction of sp³-hybridized carbons (Fsp3) is 0.238. The van der Waals surface area contributed by atoms with Crippen LogP contribution in [0.2, 0.25) is 0 Å². The zero-order valence-electron chi connectivity index (χ0n) is 15.0. The summed E-state index contributed by atoms with van der Waals surface area (Å²) in [7, 11) is 0. The van der Waals surface area contributed by atoms with Crippen molar-refractivity contribution in [2.45, 2.75) is 6.92 Å². The first-order chi connectivity index (χ1) is 13.0. The summed E-state index contributed by atoms with van der Waals surface area (Å²) in [5.74, 6) is -0.806. The van der Waals surface area contributed by atoms with Gasteiger partial charge in [0.2, 0.25) is 0 Å². The third-order valence-electron chi connectivity index (χ3n) is 4.89. The van der Waals surface area contributed by atoms with Crippen LogP contribution in [0.15, 0.2) is 48.5 Å². The predicted molar refractivity (Wildman–Crippen MR) is 101 cm³/mol. The lowest BCUT2D eigenvalue weighted by Crippen LogP contribution is -2.49.